The van der Waals surface area contributed by atoms with E-state index >= 15 is 0 Å². The van der Waals surface area contributed by atoms with Gasteiger partial charge in [-0.15, -0.1) is 0 Å². The minimum Gasteiger partial charge on any atom is -0.481 e. The van der Waals surface area contributed by atoms with Crippen molar-refractivity contribution >= 4 is 38.9 Å². The van der Waals surface area contributed by atoms with Crippen molar-refractivity contribution in [3.05, 3.63) is 82.9 Å². The summed E-state index contributed by atoms with van der Waals surface area (Å²) in [7, 11) is -3.75. The Morgan fingerprint density at radius 2 is 1.71 bits per heavy atom. The van der Waals surface area contributed by atoms with E-state index in [1.54, 1.807) is 37.3 Å². The quantitative estimate of drug-likeness (QED) is 0.512. The second-order valence-corrected chi connectivity index (χ2v) is 9.27. The zero-order chi connectivity index (χ0) is 22.6. The lowest BCUT2D eigenvalue weighted by molar-refractivity contribution is -0.122. The van der Waals surface area contributed by atoms with E-state index in [1.165, 1.54) is 24.3 Å². The lowest BCUT2D eigenvalue weighted by atomic mass is 10.1. The van der Waals surface area contributed by atoms with Gasteiger partial charge in [0.05, 0.1) is 10.6 Å². The van der Waals surface area contributed by atoms with E-state index in [0.717, 1.165) is 11.1 Å². The Morgan fingerprint density at radius 1 is 1.00 bits per heavy atom. The number of halogens is 1. The van der Waals surface area contributed by atoms with E-state index in [2.05, 4.69) is 10.0 Å². The first kappa shape index (κ1) is 22.7. The van der Waals surface area contributed by atoms with E-state index in [4.69, 9.17) is 16.3 Å². The molecule has 3 aromatic rings. The Labute approximate surface area is 187 Å². The van der Waals surface area contributed by atoms with Crippen molar-refractivity contribution < 1.29 is 17.9 Å². The number of rotatable bonds is 7. The zero-order valence-electron chi connectivity index (χ0n) is 17.3. The normalized spacial score (nSPS) is 12.1. The monoisotopic (exact) mass is 458 g/mol. The molecule has 0 saturated heterocycles. The van der Waals surface area contributed by atoms with Crippen molar-refractivity contribution in [2.45, 2.75) is 31.8 Å². The minimum absolute atomic E-state index is 0.0914. The summed E-state index contributed by atoms with van der Waals surface area (Å²) in [6.07, 6.45) is -0.770. The zero-order valence-corrected chi connectivity index (χ0v) is 18.9. The largest absolute Gasteiger partial charge is 0.481 e. The van der Waals surface area contributed by atoms with Crippen molar-refractivity contribution in [1.29, 1.82) is 0 Å². The number of anilines is 2. The molecule has 162 valence electrons. The fraction of sp³-hybridized carbons (Fsp3) is 0.174. The van der Waals surface area contributed by atoms with Gasteiger partial charge in [-0.1, -0.05) is 35.4 Å². The number of hydrogen-bond acceptors (Lipinski definition) is 4. The molecule has 0 bridgehead atoms. The molecule has 0 radical (unpaired) electrons. The van der Waals surface area contributed by atoms with Crippen LogP contribution in [0.4, 0.5) is 11.4 Å². The summed E-state index contributed by atoms with van der Waals surface area (Å²) in [4.78, 5) is 12.5. The molecule has 1 amide bonds. The van der Waals surface area contributed by atoms with Crippen molar-refractivity contribution in [3.63, 3.8) is 0 Å². The Balaban J connectivity index is 1.65. The first-order chi connectivity index (χ1) is 14.6. The molecule has 0 aliphatic heterocycles. The molecule has 0 fully saturated rings. The van der Waals surface area contributed by atoms with Gasteiger partial charge in [0.15, 0.2) is 6.10 Å². The van der Waals surface area contributed by atoms with Crippen LogP contribution in [0.15, 0.2) is 71.6 Å². The summed E-state index contributed by atoms with van der Waals surface area (Å²) in [5, 5.41) is 3.22. The van der Waals surface area contributed by atoms with Crippen molar-refractivity contribution in [2.24, 2.45) is 0 Å². The van der Waals surface area contributed by atoms with Gasteiger partial charge < -0.3 is 10.1 Å². The van der Waals surface area contributed by atoms with E-state index < -0.39 is 16.1 Å². The van der Waals surface area contributed by atoms with Crippen LogP contribution in [0.2, 0.25) is 5.02 Å². The molecule has 8 heteroatoms. The molecule has 0 saturated carbocycles. The smallest absolute Gasteiger partial charge is 0.265 e. The van der Waals surface area contributed by atoms with Crippen LogP contribution in [-0.2, 0) is 14.8 Å². The van der Waals surface area contributed by atoms with Gasteiger partial charge in [0.2, 0.25) is 0 Å². The number of amides is 1. The summed E-state index contributed by atoms with van der Waals surface area (Å²) in [5.74, 6) is 0.109. The number of hydrogen-bond donors (Lipinski definition) is 2. The van der Waals surface area contributed by atoms with Crippen LogP contribution in [0, 0.1) is 13.8 Å². The predicted molar refractivity (Wildman–Crippen MR) is 123 cm³/mol. The van der Waals surface area contributed by atoms with Crippen LogP contribution < -0.4 is 14.8 Å². The van der Waals surface area contributed by atoms with E-state index in [-0.39, 0.29) is 10.8 Å². The van der Waals surface area contributed by atoms with Crippen LogP contribution in [0.25, 0.3) is 0 Å². The average molecular weight is 459 g/mol. The molecule has 2 N–H and O–H groups in total. The first-order valence-corrected chi connectivity index (χ1v) is 11.4. The first-order valence-electron chi connectivity index (χ1n) is 9.57. The molecule has 0 aliphatic carbocycles. The lowest BCUT2D eigenvalue weighted by Crippen LogP contribution is -2.30. The van der Waals surface area contributed by atoms with Crippen LogP contribution in [-0.4, -0.2) is 20.4 Å². The molecule has 0 aliphatic rings. The Kier molecular flexibility index (Phi) is 6.87. The number of benzene rings is 3. The van der Waals surface area contributed by atoms with Gasteiger partial charge in [-0.3, -0.25) is 9.52 Å². The summed E-state index contributed by atoms with van der Waals surface area (Å²) < 4.78 is 33.5. The van der Waals surface area contributed by atoms with Crippen molar-refractivity contribution in [3.8, 4) is 5.75 Å². The Bertz CT molecular complexity index is 1190. The number of aryl methyl sites for hydroxylation is 2. The predicted octanol–water partition coefficient (Wildman–Crippen LogP) is 5.16. The van der Waals surface area contributed by atoms with Gasteiger partial charge in [-0.2, -0.15) is 0 Å². The lowest BCUT2D eigenvalue weighted by Gasteiger charge is -2.15. The number of sulfonamides is 1. The summed E-state index contributed by atoms with van der Waals surface area (Å²) in [6.45, 7) is 5.40. The van der Waals surface area contributed by atoms with E-state index in [9.17, 15) is 13.2 Å². The number of nitrogens with one attached hydrogen (secondary N) is 2. The summed E-state index contributed by atoms with van der Waals surface area (Å²) in [5.41, 5.74) is 2.86. The standard InChI is InChI=1S/C23H23ClN2O4S/c1-15-7-12-22(16(2)13-15)26-31(28,29)21-10-8-19(9-11-21)25-23(27)17(3)30-20-6-4-5-18(24)14-20/h4-14,17,26H,1-3H3,(H,25,27)/t17-/m1/s1. The molecule has 0 heterocycles. The minimum atomic E-state index is -3.75. The molecule has 3 aromatic carbocycles. The van der Waals surface area contributed by atoms with Crippen LogP contribution in [0.1, 0.15) is 18.1 Å². The third-order valence-electron chi connectivity index (χ3n) is 4.54. The highest BCUT2D eigenvalue weighted by Gasteiger charge is 2.18. The SMILES string of the molecule is Cc1ccc(NS(=O)(=O)c2ccc(NC(=O)[C@@H](C)Oc3cccc(Cl)c3)cc2)c(C)c1. The van der Waals surface area contributed by atoms with E-state index in [1.807, 2.05) is 26.0 Å². The maximum atomic E-state index is 12.7. The third kappa shape index (κ3) is 5.99. The topological polar surface area (TPSA) is 84.5 Å². The van der Waals surface area contributed by atoms with Gasteiger partial charge in [0.25, 0.3) is 15.9 Å². The highest BCUT2D eigenvalue weighted by atomic mass is 35.5. The second kappa shape index (κ2) is 9.41. The third-order valence-corrected chi connectivity index (χ3v) is 6.15. The van der Waals surface area contributed by atoms with Gasteiger partial charge in [0.1, 0.15) is 5.75 Å². The molecule has 6 nitrogen and oxygen atoms in total. The molecule has 0 unspecified atom stereocenters. The Morgan fingerprint density at radius 3 is 2.35 bits per heavy atom. The fourth-order valence-corrected chi connectivity index (χ4v) is 4.20. The van der Waals surface area contributed by atoms with Gasteiger partial charge in [0, 0.05) is 10.7 Å². The number of carbonyl (C=O) groups excluding carboxylic acids is 1. The summed E-state index contributed by atoms with van der Waals surface area (Å²) in [6, 6.07) is 18.2. The van der Waals surface area contributed by atoms with Crippen LogP contribution in [0.3, 0.4) is 0 Å². The highest BCUT2D eigenvalue weighted by Crippen LogP contribution is 2.22. The maximum Gasteiger partial charge on any atom is 0.265 e. The summed E-state index contributed by atoms with van der Waals surface area (Å²) >= 11 is 5.92. The second-order valence-electron chi connectivity index (χ2n) is 7.15. The molecular weight excluding hydrogens is 436 g/mol. The fourth-order valence-electron chi connectivity index (χ4n) is 2.89. The van der Waals surface area contributed by atoms with E-state index in [0.29, 0.717) is 22.1 Å². The molecule has 1 atom stereocenters. The molecule has 3 rings (SSSR count). The average Bonchev–Trinajstić information content (AvgIpc) is 2.70. The number of carbonyl (C=O) groups is 1. The van der Waals surface area contributed by atoms with Gasteiger partial charge in [-0.05, 0) is 74.9 Å². The maximum absolute atomic E-state index is 12.7. The molecular formula is C23H23ClN2O4S. The Hall–Kier alpha value is -3.03. The van der Waals surface area contributed by atoms with Crippen molar-refractivity contribution in [2.75, 3.05) is 10.0 Å². The molecule has 0 spiro atoms. The number of ether oxygens (including phenoxy) is 1. The van der Waals surface area contributed by atoms with Crippen molar-refractivity contribution in [1.82, 2.24) is 0 Å². The van der Waals surface area contributed by atoms with Gasteiger partial charge in [-0.25, -0.2) is 8.42 Å². The molecule has 0 aromatic heterocycles. The highest BCUT2D eigenvalue weighted by molar-refractivity contribution is 7.92. The molecule has 31 heavy (non-hydrogen) atoms. The van der Waals surface area contributed by atoms with Gasteiger partial charge >= 0.3 is 0 Å². The van der Waals surface area contributed by atoms with Crippen LogP contribution in [0.5, 0.6) is 5.75 Å². The van der Waals surface area contributed by atoms with Crippen LogP contribution >= 0.6 is 11.6 Å².